The first-order valence-corrected chi connectivity index (χ1v) is 7.50. The van der Waals surface area contributed by atoms with Crippen LogP contribution < -0.4 is 10.1 Å². The maximum absolute atomic E-state index is 5.17. The molecule has 0 atom stereocenters. The lowest BCUT2D eigenvalue weighted by molar-refractivity contribution is 0.414. The first kappa shape index (κ1) is 15.6. The predicted octanol–water partition coefficient (Wildman–Crippen LogP) is 3.95. The maximum atomic E-state index is 5.17. The van der Waals surface area contributed by atoms with Crippen molar-refractivity contribution >= 4 is 0 Å². The lowest BCUT2D eigenvalue weighted by atomic mass is 10.0. The van der Waals surface area contributed by atoms with Crippen LogP contribution in [0.5, 0.6) is 5.75 Å². The van der Waals surface area contributed by atoms with E-state index in [1.54, 1.807) is 7.11 Å². The normalized spacial score (nSPS) is 10.7. The molecule has 1 N–H and O–H groups in total. The SMILES string of the molecule is COc1ccc(CCNCc2cc(C)c(C)cc2C)cc1. The molecule has 2 rings (SSSR count). The number of aryl methyl sites for hydroxylation is 3. The molecule has 2 heteroatoms. The minimum atomic E-state index is 0.914. The van der Waals surface area contributed by atoms with Gasteiger partial charge in [-0.3, -0.25) is 0 Å². The van der Waals surface area contributed by atoms with E-state index in [-0.39, 0.29) is 0 Å². The molecule has 2 aromatic carbocycles. The molecule has 0 aliphatic carbocycles. The van der Waals surface area contributed by atoms with E-state index in [2.05, 4.69) is 50.4 Å². The van der Waals surface area contributed by atoms with Gasteiger partial charge in [0.05, 0.1) is 7.11 Å². The van der Waals surface area contributed by atoms with Crippen LogP contribution in [0.1, 0.15) is 27.8 Å². The van der Waals surface area contributed by atoms with Gasteiger partial charge in [0, 0.05) is 6.54 Å². The Hall–Kier alpha value is -1.80. The van der Waals surface area contributed by atoms with Gasteiger partial charge in [-0.2, -0.15) is 0 Å². The van der Waals surface area contributed by atoms with Crippen LogP contribution in [0.15, 0.2) is 36.4 Å². The molecule has 0 spiro atoms. The summed E-state index contributed by atoms with van der Waals surface area (Å²) < 4.78 is 5.17. The predicted molar refractivity (Wildman–Crippen MR) is 89.1 cm³/mol. The van der Waals surface area contributed by atoms with E-state index in [4.69, 9.17) is 4.74 Å². The van der Waals surface area contributed by atoms with Crippen molar-refractivity contribution in [1.82, 2.24) is 5.32 Å². The summed E-state index contributed by atoms with van der Waals surface area (Å²) in [6.45, 7) is 8.45. The zero-order valence-electron chi connectivity index (χ0n) is 13.5. The summed E-state index contributed by atoms with van der Waals surface area (Å²) in [6.07, 6.45) is 1.04. The number of benzene rings is 2. The third kappa shape index (κ3) is 4.33. The molecular weight excluding hydrogens is 258 g/mol. The molecule has 0 fully saturated rings. The molecule has 0 amide bonds. The number of methoxy groups -OCH3 is 1. The first-order chi connectivity index (χ1) is 10.1. The van der Waals surface area contributed by atoms with Gasteiger partial charge in [0.15, 0.2) is 0 Å². The largest absolute Gasteiger partial charge is 0.497 e. The van der Waals surface area contributed by atoms with Crippen molar-refractivity contribution < 1.29 is 4.74 Å². The van der Waals surface area contributed by atoms with Gasteiger partial charge >= 0.3 is 0 Å². The number of hydrogen-bond acceptors (Lipinski definition) is 2. The number of nitrogens with one attached hydrogen (secondary N) is 1. The summed E-state index contributed by atoms with van der Waals surface area (Å²) in [5.74, 6) is 0.914. The van der Waals surface area contributed by atoms with Crippen LogP contribution in [0.2, 0.25) is 0 Å². The van der Waals surface area contributed by atoms with E-state index in [0.29, 0.717) is 0 Å². The topological polar surface area (TPSA) is 21.3 Å². The summed E-state index contributed by atoms with van der Waals surface area (Å²) >= 11 is 0. The second kappa shape index (κ2) is 7.28. The van der Waals surface area contributed by atoms with Crippen molar-refractivity contribution in [2.75, 3.05) is 13.7 Å². The number of ether oxygens (including phenoxy) is 1. The van der Waals surface area contributed by atoms with Gasteiger partial charge in [-0.1, -0.05) is 24.3 Å². The van der Waals surface area contributed by atoms with Crippen LogP contribution in [0.25, 0.3) is 0 Å². The summed E-state index contributed by atoms with van der Waals surface area (Å²) in [4.78, 5) is 0. The Morgan fingerprint density at radius 2 is 1.57 bits per heavy atom. The maximum Gasteiger partial charge on any atom is 0.118 e. The summed E-state index contributed by atoms with van der Waals surface area (Å²) in [7, 11) is 1.70. The van der Waals surface area contributed by atoms with Crippen LogP contribution in [0.3, 0.4) is 0 Å². The summed E-state index contributed by atoms with van der Waals surface area (Å²) in [6, 6.07) is 12.9. The van der Waals surface area contributed by atoms with E-state index in [1.165, 1.54) is 27.8 Å². The highest BCUT2D eigenvalue weighted by atomic mass is 16.5. The van der Waals surface area contributed by atoms with E-state index < -0.39 is 0 Å². The molecule has 0 aromatic heterocycles. The third-order valence-corrected chi connectivity index (χ3v) is 4.02. The fraction of sp³-hybridized carbons (Fsp3) is 0.368. The Balaban J connectivity index is 1.83. The summed E-state index contributed by atoms with van der Waals surface area (Å²) in [5.41, 5.74) is 6.84. The quantitative estimate of drug-likeness (QED) is 0.810. The van der Waals surface area contributed by atoms with Crippen molar-refractivity contribution in [3.8, 4) is 5.75 Å². The standard InChI is InChI=1S/C19H25NO/c1-14-11-16(3)18(12-15(14)2)13-20-10-9-17-5-7-19(21-4)8-6-17/h5-8,11-12,20H,9-10,13H2,1-4H3. The van der Waals surface area contributed by atoms with Crippen LogP contribution in [-0.2, 0) is 13.0 Å². The van der Waals surface area contributed by atoms with Crippen LogP contribution >= 0.6 is 0 Å². The van der Waals surface area contributed by atoms with Gasteiger partial charge in [0.1, 0.15) is 5.75 Å². The Labute approximate surface area is 128 Å². The smallest absolute Gasteiger partial charge is 0.118 e. The van der Waals surface area contributed by atoms with E-state index in [9.17, 15) is 0 Å². The van der Waals surface area contributed by atoms with Gasteiger partial charge in [-0.05, 0) is 73.7 Å². The average Bonchev–Trinajstić information content (AvgIpc) is 2.49. The fourth-order valence-corrected chi connectivity index (χ4v) is 2.46. The van der Waals surface area contributed by atoms with Crippen molar-refractivity contribution in [2.24, 2.45) is 0 Å². The molecule has 0 saturated heterocycles. The van der Waals surface area contributed by atoms with E-state index in [1.807, 2.05) is 12.1 Å². The number of rotatable bonds is 6. The molecule has 0 aliphatic heterocycles. The van der Waals surface area contributed by atoms with Gasteiger partial charge in [0.25, 0.3) is 0 Å². The van der Waals surface area contributed by atoms with Gasteiger partial charge in [-0.25, -0.2) is 0 Å². The average molecular weight is 283 g/mol. The van der Waals surface area contributed by atoms with Crippen molar-refractivity contribution in [1.29, 1.82) is 0 Å². The highest BCUT2D eigenvalue weighted by Crippen LogP contribution is 2.15. The molecule has 0 unspecified atom stereocenters. The molecule has 0 bridgehead atoms. The zero-order chi connectivity index (χ0) is 15.2. The molecule has 2 aromatic rings. The molecule has 112 valence electrons. The van der Waals surface area contributed by atoms with Crippen LogP contribution in [0.4, 0.5) is 0 Å². The van der Waals surface area contributed by atoms with E-state index >= 15 is 0 Å². The monoisotopic (exact) mass is 283 g/mol. The Bertz CT molecular complexity index is 587. The molecular formula is C19H25NO. The molecule has 0 heterocycles. The van der Waals surface area contributed by atoms with Crippen LogP contribution in [-0.4, -0.2) is 13.7 Å². The zero-order valence-corrected chi connectivity index (χ0v) is 13.5. The highest BCUT2D eigenvalue weighted by molar-refractivity contribution is 5.36. The van der Waals surface area contributed by atoms with E-state index in [0.717, 1.165) is 25.3 Å². The van der Waals surface area contributed by atoms with Crippen LogP contribution in [0, 0.1) is 20.8 Å². The third-order valence-electron chi connectivity index (χ3n) is 4.02. The highest BCUT2D eigenvalue weighted by Gasteiger charge is 2.02. The van der Waals surface area contributed by atoms with Crippen molar-refractivity contribution in [2.45, 2.75) is 33.7 Å². The molecule has 21 heavy (non-hydrogen) atoms. The number of hydrogen-bond donors (Lipinski definition) is 1. The first-order valence-electron chi connectivity index (χ1n) is 7.50. The minimum absolute atomic E-state index is 0.914. The second-order valence-electron chi connectivity index (χ2n) is 5.64. The summed E-state index contributed by atoms with van der Waals surface area (Å²) in [5, 5.41) is 3.54. The Morgan fingerprint density at radius 1 is 0.905 bits per heavy atom. The second-order valence-corrected chi connectivity index (χ2v) is 5.64. The van der Waals surface area contributed by atoms with Gasteiger partial charge in [-0.15, -0.1) is 0 Å². The molecule has 0 radical (unpaired) electrons. The lowest BCUT2D eigenvalue weighted by Gasteiger charge is -2.11. The molecule has 0 aliphatic rings. The van der Waals surface area contributed by atoms with Crippen molar-refractivity contribution in [3.05, 3.63) is 64.2 Å². The minimum Gasteiger partial charge on any atom is -0.497 e. The molecule has 2 nitrogen and oxygen atoms in total. The molecule has 0 saturated carbocycles. The Kier molecular flexibility index (Phi) is 5.40. The van der Waals surface area contributed by atoms with Gasteiger partial charge < -0.3 is 10.1 Å². The Morgan fingerprint density at radius 3 is 2.24 bits per heavy atom. The van der Waals surface area contributed by atoms with Gasteiger partial charge in [0.2, 0.25) is 0 Å². The lowest BCUT2D eigenvalue weighted by Crippen LogP contribution is -2.17. The van der Waals surface area contributed by atoms with Crippen molar-refractivity contribution in [3.63, 3.8) is 0 Å². The fourth-order valence-electron chi connectivity index (χ4n) is 2.46.